The molecule has 142 valence electrons. The third-order valence-corrected chi connectivity index (χ3v) is 3.72. The van der Waals surface area contributed by atoms with Gasteiger partial charge in [0.15, 0.2) is 0 Å². The Balaban J connectivity index is 1.97. The number of hydrogen-bond donors (Lipinski definition) is 2. The maximum absolute atomic E-state index is 11.9. The number of hydrogen-bond acceptors (Lipinski definition) is 6. The fourth-order valence-corrected chi connectivity index (χ4v) is 2.33. The van der Waals surface area contributed by atoms with Crippen molar-refractivity contribution in [3.63, 3.8) is 0 Å². The molecule has 2 aromatic carbocycles. The summed E-state index contributed by atoms with van der Waals surface area (Å²) in [6.45, 7) is 0. The minimum atomic E-state index is -0.939. The minimum absolute atomic E-state index is 0.306. The number of methoxy groups -OCH3 is 3. The van der Waals surface area contributed by atoms with Crippen molar-refractivity contribution in [2.24, 2.45) is 5.10 Å². The number of anilines is 1. The second kappa shape index (κ2) is 9.44. The van der Waals surface area contributed by atoms with Crippen LogP contribution >= 0.6 is 11.6 Å². The molecule has 0 aromatic heterocycles. The van der Waals surface area contributed by atoms with Gasteiger partial charge in [-0.05, 0) is 30.3 Å². The zero-order valence-electron chi connectivity index (χ0n) is 14.9. The van der Waals surface area contributed by atoms with Gasteiger partial charge in [-0.15, -0.1) is 0 Å². The molecule has 2 rings (SSSR count). The molecule has 2 aromatic rings. The number of halogens is 1. The first-order valence-corrected chi connectivity index (χ1v) is 8.06. The predicted octanol–water partition coefficient (Wildman–Crippen LogP) is 2.45. The van der Waals surface area contributed by atoms with Gasteiger partial charge in [-0.25, -0.2) is 5.43 Å². The molecule has 0 aliphatic carbocycles. The van der Waals surface area contributed by atoms with Crippen LogP contribution in [0.2, 0.25) is 5.02 Å². The standard InChI is InChI=1S/C18H18ClN3O5/c1-25-13-6-4-11(16(9-13)27-3)10-20-22-18(24)17(23)21-12-5-7-15(26-2)14(19)8-12/h4-10H,1-3H3,(H,21,23)(H,22,24)/b20-10-. The van der Waals surface area contributed by atoms with E-state index in [2.05, 4.69) is 15.8 Å². The quantitative estimate of drug-likeness (QED) is 0.447. The summed E-state index contributed by atoms with van der Waals surface area (Å²) in [6, 6.07) is 9.68. The topological polar surface area (TPSA) is 98.2 Å². The molecular weight excluding hydrogens is 374 g/mol. The fourth-order valence-electron chi connectivity index (χ4n) is 2.07. The first-order chi connectivity index (χ1) is 13.0. The highest BCUT2D eigenvalue weighted by Gasteiger charge is 2.14. The highest BCUT2D eigenvalue weighted by Crippen LogP contribution is 2.27. The van der Waals surface area contributed by atoms with E-state index in [0.29, 0.717) is 33.5 Å². The van der Waals surface area contributed by atoms with Crippen molar-refractivity contribution in [1.29, 1.82) is 0 Å². The number of nitrogens with one attached hydrogen (secondary N) is 2. The SMILES string of the molecule is COc1ccc(/C=N\NC(=O)C(=O)Nc2ccc(OC)c(Cl)c2)c(OC)c1. The smallest absolute Gasteiger partial charge is 0.329 e. The van der Waals surface area contributed by atoms with Crippen LogP contribution in [0.1, 0.15) is 5.56 Å². The van der Waals surface area contributed by atoms with Gasteiger partial charge in [-0.3, -0.25) is 9.59 Å². The number of carbonyl (C=O) groups excluding carboxylic acids is 2. The van der Waals surface area contributed by atoms with E-state index in [-0.39, 0.29) is 0 Å². The third kappa shape index (κ3) is 5.35. The van der Waals surface area contributed by atoms with Gasteiger partial charge in [-0.2, -0.15) is 5.10 Å². The van der Waals surface area contributed by atoms with Crippen molar-refractivity contribution in [2.75, 3.05) is 26.6 Å². The summed E-state index contributed by atoms with van der Waals surface area (Å²) < 4.78 is 15.3. The summed E-state index contributed by atoms with van der Waals surface area (Å²) in [5.41, 5.74) is 3.09. The summed E-state index contributed by atoms with van der Waals surface area (Å²) in [5, 5.41) is 6.48. The van der Waals surface area contributed by atoms with Gasteiger partial charge >= 0.3 is 11.8 Å². The molecular formula is C18H18ClN3O5. The number of carbonyl (C=O) groups is 2. The fraction of sp³-hybridized carbons (Fsp3) is 0.167. The first kappa shape index (κ1) is 20.1. The molecule has 0 fully saturated rings. The molecule has 0 unspecified atom stereocenters. The number of benzene rings is 2. The molecule has 0 aliphatic heterocycles. The number of hydrazone groups is 1. The number of amides is 2. The van der Waals surface area contributed by atoms with E-state index >= 15 is 0 Å². The maximum Gasteiger partial charge on any atom is 0.329 e. The highest BCUT2D eigenvalue weighted by molar-refractivity contribution is 6.40. The average Bonchev–Trinajstić information content (AvgIpc) is 2.68. The minimum Gasteiger partial charge on any atom is -0.497 e. The third-order valence-electron chi connectivity index (χ3n) is 3.43. The van der Waals surface area contributed by atoms with Gasteiger partial charge < -0.3 is 19.5 Å². The van der Waals surface area contributed by atoms with Crippen molar-refractivity contribution in [3.8, 4) is 17.2 Å². The Morgan fingerprint density at radius 3 is 2.33 bits per heavy atom. The Labute approximate surface area is 161 Å². The molecule has 0 radical (unpaired) electrons. The van der Waals surface area contributed by atoms with Crippen LogP contribution in [-0.2, 0) is 9.59 Å². The van der Waals surface area contributed by atoms with Gasteiger partial charge in [0.1, 0.15) is 17.2 Å². The lowest BCUT2D eigenvalue weighted by atomic mass is 10.2. The summed E-state index contributed by atoms with van der Waals surface area (Å²) in [4.78, 5) is 23.8. The summed E-state index contributed by atoms with van der Waals surface area (Å²) in [6.07, 6.45) is 1.35. The lowest BCUT2D eigenvalue weighted by molar-refractivity contribution is -0.136. The van der Waals surface area contributed by atoms with Crippen LogP contribution in [0, 0.1) is 0 Å². The van der Waals surface area contributed by atoms with Crippen LogP contribution < -0.4 is 25.0 Å². The summed E-state index contributed by atoms with van der Waals surface area (Å²) in [5.74, 6) is -0.256. The molecule has 2 amide bonds. The lowest BCUT2D eigenvalue weighted by Gasteiger charge is -2.08. The van der Waals surface area contributed by atoms with Crippen molar-refractivity contribution in [2.45, 2.75) is 0 Å². The van der Waals surface area contributed by atoms with Gasteiger partial charge in [0.2, 0.25) is 0 Å². The van der Waals surface area contributed by atoms with E-state index in [9.17, 15) is 9.59 Å². The molecule has 0 saturated carbocycles. The van der Waals surface area contributed by atoms with Crippen molar-refractivity contribution in [1.82, 2.24) is 5.43 Å². The van der Waals surface area contributed by atoms with Gasteiger partial charge in [0.05, 0.1) is 32.6 Å². The molecule has 27 heavy (non-hydrogen) atoms. The van der Waals surface area contributed by atoms with Crippen molar-refractivity contribution in [3.05, 3.63) is 47.0 Å². The van der Waals surface area contributed by atoms with Crippen molar-refractivity contribution >= 4 is 35.3 Å². The van der Waals surface area contributed by atoms with E-state index in [0.717, 1.165) is 0 Å². The molecule has 0 bridgehead atoms. The second-order valence-electron chi connectivity index (χ2n) is 5.11. The Bertz CT molecular complexity index is 870. The lowest BCUT2D eigenvalue weighted by Crippen LogP contribution is -2.32. The zero-order valence-corrected chi connectivity index (χ0v) is 15.7. The van der Waals surface area contributed by atoms with E-state index in [1.807, 2.05) is 0 Å². The summed E-state index contributed by atoms with van der Waals surface area (Å²) >= 11 is 5.97. The van der Waals surface area contributed by atoms with E-state index in [1.54, 1.807) is 30.3 Å². The molecule has 0 heterocycles. The van der Waals surface area contributed by atoms with E-state index in [4.69, 9.17) is 25.8 Å². The molecule has 0 saturated heterocycles. The number of nitrogens with zero attached hydrogens (tertiary/aromatic N) is 1. The number of ether oxygens (including phenoxy) is 3. The number of rotatable bonds is 6. The Kier molecular flexibility index (Phi) is 7.01. The molecule has 0 spiro atoms. The van der Waals surface area contributed by atoms with Crippen LogP contribution in [0.4, 0.5) is 5.69 Å². The normalized spacial score (nSPS) is 10.4. The van der Waals surface area contributed by atoms with Gasteiger partial charge in [0.25, 0.3) is 0 Å². The molecule has 2 N–H and O–H groups in total. The van der Waals surface area contributed by atoms with Crippen LogP contribution in [0.15, 0.2) is 41.5 Å². The highest BCUT2D eigenvalue weighted by atomic mass is 35.5. The Morgan fingerprint density at radius 1 is 0.963 bits per heavy atom. The molecule has 0 aliphatic rings. The molecule has 0 atom stereocenters. The molecule has 8 nitrogen and oxygen atoms in total. The Morgan fingerprint density at radius 2 is 1.70 bits per heavy atom. The van der Waals surface area contributed by atoms with Crippen LogP contribution in [0.3, 0.4) is 0 Å². The Hall–Kier alpha value is -3.26. The van der Waals surface area contributed by atoms with Crippen LogP contribution in [0.5, 0.6) is 17.2 Å². The molecule has 9 heteroatoms. The monoisotopic (exact) mass is 391 g/mol. The first-order valence-electron chi connectivity index (χ1n) is 7.68. The van der Waals surface area contributed by atoms with E-state index in [1.165, 1.54) is 33.6 Å². The predicted molar refractivity (Wildman–Crippen MR) is 102 cm³/mol. The maximum atomic E-state index is 11.9. The van der Waals surface area contributed by atoms with Gasteiger partial charge in [0, 0.05) is 17.3 Å². The second-order valence-corrected chi connectivity index (χ2v) is 5.52. The van der Waals surface area contributed by atoms with Crippen molar-refractivity contribution < 1.29 is 23.8 Å². The van der Waals surface area contributed by atoms with E-state index < -0.39 is 11.8 Å². The van der Waals surface area contributed by atoms with Gasteiger partial charge in [-0.1, -0.05) is 11.6 Å². The summed E-state index contributed by atoms with van der Waals surface area (Å²) in [7, 11) is 4.51. The zero-order chi connectivity index (χ0) is 19.8. The van der Waals surface area contributed by atoms with Crippen LogP contribution in [0.25, 0.3) is 0 Å². The largest absolute Gasteiger partial charge is 0.497 e. The van der Waals surface area contributed by atoms with Crippen LogP contribution in [-0.4, -0.2) is 39.4 Å². The average molecular weight is 392 g/mol.